The summed E-state index contributed by atoms with van der Waals surface area (Å²) >= 11 is 0. The van der Waals surface area contributed by atoms with Gasteiger partial charge in [-0.2, -0.15) is 18.3 Å². The van der Waals surface area contributed by atoms with E-state index in [0.717, 1.165) is 12.0 Å². The first-order valence-electron chi connectivity index (χ1n) is 8.60. The molecule has 0 radical (unpaired) electrons. The number of benzene rings is 1. The number of hydrogen-bond acceptors (Lipinski definition) is 1. The van der Waals surface area contributed by atoms with Gasteiger partial charge >= 0.3 is 6.18 Å². The van der Waals surface area contributed by atoms with E-state index in [-0.39, 0.29) is 11.5 Å². The SMILES string of the molecule is CCc1ccc(Cc2c([Si](C)(C)C(C)(C)C)n[nH]c2C(F)(F)F)cc1. The predicted octanol–water partition coefficient (Wildman–Crippen LogP) is 5.30. The first-order chi connectivity index (χ1) is 11.4. The molecule has 1 aromatic carbocycles. The number of alkyl halides is 3. The second-order valence-electron chi connectivity index (χ2n) is 8.15. The smallest absolute Gasteiger partial charge is 0.273 e. The van der Waals surface area contributed by atoms with Gasteiger partial charge in [0.05, 0.1) is 0 Å². The molecule has 138 valence electrons. The second kappa shape index (κ2) is 6.63. The zero-order chi connectivity index (χ0) is 19.0. The van der Waals surface area contributed by atoms with Crippen molar-refractivity contribution < 1.29 is 13.2 Å². The Morgan fingerprint density at radius 1 is 1.00 bits per heavy atom. The van der Waals surface area contributed by atoms with E-state index in [4.69, 9.17) is 0 Å². The number of aromatic nitrogens is 2. The fourth-order valence-corrected chi connectivity index (χ4v) is 4.75. The van der Waals surface area contributed by atoms with Gasteiger partial charge in [-0.05, 0) is 22.6 Å². The zero-order valence-corrected chi connectivity index (χ0v) is 16.8. The van der Waals surface area contributed by atoms with Crippen molar-refractivity contribution >= 4 is 13.4 Å². The summed E-state index contributed by atoms with van der Waals surface area (Å²) in [7, 11) is -2.20. The van der Waals surface area contributed by atoms with Gasteiger partial charge in [0.25, 0.3) is 0 Å². The molecule has 25 heavy (non-hydrogen) atoms. The Bertz CT molecular complexity index is 723. The first kappa shape index (κ1) is 19.8. The van der Waals surface area contributed by atoms with E-state index in [9.17, 15) is 13.2 Å². The van der Waals surface area contributed by atoms with Gasteiger partial charge < -0.3 is 0 Å². The highest BCUT2D eigenvalue weighted by molar-refractivity contribution is 6.91. The fourth-order valence-electron chi connectivity index (χ4n) is 2.74. The third-order valence-electron chi connectivity index (χ3n) is 5.43. The molecule has 0 unspecified atom stereocenters. The van der Waals surface area contributed by atoms with Crippen LogP contribution < -0.4 is 5.32 Å². The molecule has 1 aromatic heterocycles. The minimum atomic E-state index is -4.42. The van der Waals surface area contributed by atoms with E-state index in [2.05, 4.69) is 51.0 Å². The number of halogens is 3. The number of nitrogens with one attached hydrogen (secondary N) is 1. The monoisotopic (exact) mass is 368 g/mol. The van der Waals surface area contributed by atoms with Crippen LogP contribution in [0.25, 0.3) is 0 Å². The Hall–Kier alpha value is -1.56. The van der Waals surface area contributed by atoms with Crippen LogP contribution in [0.3, 0.4) is 0 Å². The standard InChI is InChI=1S/C19H27F3N2Si/c1-7-13-8-10-14(11-9-13)12-15-16(19(20,21)22)23-24-17(15)25(5,6)18(2,3)4/h8-11H,7,12H2,1-6H3,(H,23,24). The Labute approximate surface area is 148 Å². The number of hydrogen-bond donors (Lipinski definition) is 1. The van der Waals surface area contributed by atoms with Gasteiger partial charge in [-0.3, -0.25) is 5.10 Å². The van der Waals surface area contributed by atoms with Gasteiger partial charge in [-0.15, -0.1) is 0 Å². The molecule has 2 nitrogen and oxygen atoms in total. The number of aryl methyl sites for hydroxylation is 1. The molecule has 0 amide bonds. The Morgan fingerprint density at radius 2 is 1.52 bits per heavy atom. The highest BCUT2D eigenvalue weighted by Crippen LogP contribution is 2.38. The molecule has 0 aliphatic carbocycles. The lowest BCUT2D eigenvalue weighted by Crippen LogP contribution is -2.51. The maximum absolute atomic E-state index is 13.5. The van der Waals surface area contributed by atoms with Crippen molar-refractivity contribution in [2.45, 2.75) is 64.8 Å². The minimum absolute atomic E-state index is 0.0914. The quantitative estimate of drug-likeness (QED) is 0.729. The van der Waals surface area contributed by atoms with Crippen molar-refractivity contribution in [3.63, 3.8) is 0 Å². The van der Waals surface area contributed by atoms with Gasteiger partial charge in [0.2, 0.25) is 0 Å². The molecular weight excluding hydrogens is 341 g/mol. The van der Waals surface area contributed by atoms with Crippen molar-refractivity contribution in [1.29, 1.82) is 0 Å². The van der Waals surface area contributed by atoms with Crippen molar-refractivity contribution in [1.82, 2.24) is 10.2 Å². The molecule has 0 saturated carbocycles. The van der Waals surface area contributed by atoms with Crippen LogP contribution in [0.5, 0.6) is 0 Å². The third-order valence-corrected chi connectivity index (χ3v) is 10.8. The minimum Gasteiger partial charge on any atom is -0.273 e. The fraction of sp³-hybridized carbons (Fsp3) is 0.526. The Kier molecular flexibility index (Phi) is 5.24. The average molecular weight is 369 g/mol. The topological polar surface area (TPSA) is 28.7 Å². The molecule has 0 spiro atoms. The molecule has 0 atom stereocenters. The van der Waals surface area contributed by atoms with Crippen LogP contribution >= 0.6 is 0 Å². The highest BCUT2D eigenvalue weighted by Gasteiger charge is 2.45. The van der Waals surface area contributed by atoms with Crippen LogP contribution in [0.1, 0.15) is 50.1 Å². The van der Waals surface area contributed by atoms with Gasteiger partial charge in [0, 0.05) is 17.3 Å². The molecule has 0 aliphatic heterocycles. The summed E-state index contributed by atoms with van der Waals surface area (Å²) in [6.07, 6.45) is -3.27. The van der Waals surface area contributed by atoms with E-state index in [1.807, 2.05) is 24.3 Å². The summed E-state index contributed by atoms with van der Waals surface area (Å²) in [6, 6.07) is 7.80. The molecule has 0 aliphatic rings. The normalized spacial score (nSPS) is 13.3. The number of rotatable bonds is 4. The van der Waals surface area contributed by atoms with Crippen molar-refractivity contribution in [2.24, 2.45) is 0 Å². The lowest BCUT2D eigenvalue weighted by molar-refractivity contribution is -0.141. The number of H-pyrrole nitrogens is 1. The first-order valence-corrected chi connectivity index (χ1v) is 11.6. The zero-order valence-electron chi connectivity index (χ0n) is 15.8. The van der Waals surface area contributed by atoms with E-state index in [1.54, 1.807) is 0 Å². The van der Waals surface area contributed by atoms with Crippen molar-refractivity contribution in [2.75, 3.05) is 0 Å². The highest BCUT2D eigenvalue weighted by atomic mass is 28.3. The predicted molar refractivity (Wildman–Crippen MR) is 99.0 cm³/mol. The lowest BCUT2D eigenvalue weighted by atomic mass is 10.0. The Morgan fingerprint density at radius 3 is 1.96 bits per heavy atom. The van der Waals surface area contributed by atoms with Crippen LogP contribution in [-0.4, -0.2) is 18.3 Å². The number of nitrogens with zero attached hydrogens (tertiary/aromatic N) is 1. The summed E-state index contributed by atoms with van der Waals surface area (Å²) < 4.78 is 40.5. The maximum Gasteiger partial charge on any atom is 0.433 e. The molecule has 2 aromatic rings. The van der Waals surface area contributed by atoms with Gasteiger partial charge in [0.15, 0.2) is 0 Å². The summed E-state index contributed by atoms with van der Waals surface area (Å²) in [5.41, 5.74) is 1.66. The molecule has 0 bridgehead atoms. The molecule has 0 fully saturated rings. The molecule has 6 heteroatoms. The molecule has 0 saturated heterocycles. The van der Waals surface area contributed by atoms with Crippen molar-refractivity contribution in [3.05, 3.63) is 46.6 Å². The van der Waals surface area contributed by atoms with E-state index >= 15 is 0 Å². The summed E-state index contributed by atoms with van der Waals surface area (Å²) in [5, 5.41) is 7.00. The van der Waals surface area contributed by atoms with Crippen LogP contribution in [0.4, 0.5) is 13.2 Å². The summed E-state index contributed by atoms with van der Waals surface area (Å²) in [6.45, 7) is 12.5. The van der Waals surface area contributed by atoms with Crippen LogP contribution in [-0.2, 0) is 19.0 Å². The van der Waals surface area contributed by atoms with Gasteiger partial charge in [0.1, 0.15) is 13.8 Å². The average Bonchev–Trinajstić information content (AvgIpc) is 2.91. The second-order valence-corrected chi connectivity index (χ2v) is 13.4. The summed E-state index contributed by atoms with van der Waals surface area (Å²) in [4.78, 5) is 0. The Balaban J connectivity index is 2.54. The van der Waals surface area contributed by atoms with E-state index in [1.165, 1.54) is 5.56 Å². The molecule has 1 heterocycles. The van der Waals surface area contributed by atoms with Gasteiger partial charge in [-0.25, -0.2) is 0 Å². The van der Waals surface area contributed by atoms with E-state index in [0.29, 0.717) is 10.9 Å². The number of aromatic amines is 1. The molecular formula is C19H27F3N2Si. The molecule has 2 rings (SSSR count). The van der Waals surface area contributed by atoms with Crippen LogP contribution in [0.15, 0.2) is 24.3 Å². The van der Waals surface area contributed by atoms with E-state index < -0.39 is 19.9 Å². The summed E-state index contributed by atoms with van der Waals surface area (Å²) in [5.74, 6) is 0. The van der Waals surface area contributed by atoms with Crippen LogP contribution in [0, 0.1) is 0 Å². The largest absolute Gasteiger partial charge is 0.433 e. The van der Waals surface area contributed by atoms with Crippen LogP contribution in [0.2, 0.25) is 18.1 Å². The maximum atomic E-state index is 13.5. The third kappa shape index (κ3) is 3.99. The molecule has 1 N–H and O–H groups in total. The van der Waals surface area contributed by atoms with Crippen molar-refractivity contribution in [3.8, 4) is 0 Å². The van der Waals surface area contributed by atoms with Gasteiger partial charge in [-0.1, -0.05) is 65.1 Å². The lowest BCUT2D eigenvalue weighted by Gasteiger charge is -2.36.